The highest BCUT2D eigenvalue weighted by molar-refractivity contribution is 5.27. The Kier molecular flexibility index (Phi) is 5.16. The molecular formula is C15H25NO. The van der Waals surface area contributed by atoms with E-state index in [4.69, 9.17) is 0 Å². The molecule has 0 radical (unpaired) electrons. The summed E-state index contributed by atoms with van der Waals surface area (Å²) >= 11 is 0. The number of nitrogens with zero attached hydrogens (tertiary/aromatic N) is 1. The summed E-state index contributed by atoms with van der Waals surface area (Å²) in [6, 6.07) is 9.04. The van der Waals surface area contributed by atoms with Crippen LogP contribution in [0.5, 0.6) is 0 Å². The molecule has 2 nitrogen and oxygen atoms in total. The van der Waals surface area contributed by atoms with E-state index >= 15 is 0 Å². The van der Waals surface area contributed by atoms with Crippen molar-refractivity contribution in [1.29, 1.82) is 0 Å². The highest BCUT2D eigenvalue weighted by atomic mass is 16.3. The number of benzene rings is 1. The molecule has 2 heteroatoms. The fourth-order valence-electron chi connectivity index (χ4n) is 2.31. The van der Waals surface area contributed by atoms with Gasteiger partial charge in [-0.2, -0.15) is 0 Å². The lowest BCUT2D eigenvalue weighted by atomic mass is 9.92. The molecule has 1 aromatic carbocycles. The van der Waals surface area contributed by atoms with E-state index in [-0.39, 0.29) is 18.6 Å². The zero-order valence-electron chi connectivity index (χ0n) is 11.6. The molecule has 0 bridgehead atoms. The molecule has 0 aliphatic heterocycles. The van der Waals surface area contributed by atoms with Gasteiger partial charge >= 0.3 is 0 Å². The van der Waals surface area contributed by atoms with Crippen molar-refractivity contribution in [3.63, 3.8) is 0 Å². The second kappa shape index (κ2) is 6.18. The van der Waals surface area contributed by atoms with Crippen molar-refractivity contribution in [2.75, 3.05) is 20.7 Å². The van der Waals surface area contributed by atoms with Crippen LogP contribution in [-0.4, -0.2) is 30.7 Å². The second-order valence-corrected chi connectivity index (χ2v) is 5.39. The van der Waals surface area contributed by atoms with Gasteiger partial charge in [0.15, 0.2) is 0 Å². The lowest BCUT2D eigenvalue weighted by molar-refractivity contribution is 0.146. The van der Waals surface area contributed by atoms with Gasteiger partial charge in [0.25, 0.3) is 0 Å². The van der Waals surface area contributed by atoms with Gasteiger partial charge in [0.05, 0.1) is 0 Å². The minimum Gasteiger partial charge on any atom is -0.396 e. The lowest BCUT2D eigenvalue weighted by Crippen LogP contribution is -2.27. The van der Waals surface area contributed by atoms with Crippen LogP contribution in [0.15, 0.2) is 24.3 Å². The molecule has 1 rings (SSSR count). The van der Waals surface area contributed by atoms with Crippen LogP contribution in [0.4, 0.5) is 0 Å². The Bertz CT molecular complexity index is 329. The molecule has 2 atom stereocenters. The van der Waals surface area contributed by atoms with Gasteiger partial charge in [-0.15, -0.1) is 0 Å². The normalized spacial score (nSPS) is 15.3. The molecule has 1 N–H and O–H groups in total. The fraction of sp³-hybridized carbons (Fsp3) is 0.600. The van der Waals surface area contributed by atoms with Crippen LogP contribution in [0.2, 0.25) is 0 Å². The summed E-state index contributed by atoms with van der Waals surface area (Å²) in [5, 5.41) is 9.33. The summed E-state index contributed by atoms with van der Waals surface area (Å²) in [6.07, 6.45) is 0. The van der Waals surface area contributed by atoms with Gasteiger partial charge in [-0.05, 0) is 37.1 Å². The topological polar surface area (TPSA) is 23.5 Å². The summed E-state index contributed by atoms with van der Waals surface area (Å²) in [5.74, 6) is 0.812. The van der Waals surface area contributed by atoms with E-state index in [2.05, 4.69) is 64.0 Å². The average Bonchev–Trinajstić information content (AvgIpc) is 2.29. The molecule has 0 aliphatic rings. The Morgan fingerprint density at radius 3 is 1.82 bits per heavy atom. The van der Waals surface area contributed by atoms with Crippen LogP contribution in [0, 0.1) is 5.92 Å². The third kappa shape index (κ3) is 3.55. The molecule has 0 spiro atoms. The zero-order chi connectivity index (χ0) is 13.0. The lowest BCUT2D eigenvalue weighted by Gasteiger charge is -2.29. The molecule has 0 heterocycles. The van der Waals surface area contributed by atoms with E-state index in [1.165, 1.54) is 11.1 Å². The molecule has 0 saturated carbocycles. The Balaban J connectivity index is 2.95. The largest absolute Gasteiger partial charge is 0.396 e. The molecule has 0 fully saturated rings. The SMILES string of the molecule is CC(C)c1ccc(C(C(C)CO)N(C)C)cc1. The summed E-state index contributed by atoms with van der Waals surface area (Å²) in [5.41, 5.74) is 2.64. The van der Waals surface area contributed by atoms with Crippen LogP contribution in [0.1, 0.15) is 43.9 Å². The van der Waals surface area contributed by atoms with Gasteiger partial charge in [0.1, 0.15) is 0 Å². The maximum atomic E-state index is 9.33. The summed E-state index contributed by atoms with van der Waals surface area (Å²) in [4.78, 5) is 2.17. The van der Waals surface area contributed by atoms with E-state index < -0.39 is 0 Å². The van der Waals surface area contributed by atoms with E-state index in [9.17, 15) is 5.11 Å². The maximum absolute atomic E-state index is 9.33. The standard InChI is InChI=1S/C15H25NO/c1-11(2)13-6-8-14(9-7-13)15(16(4)5)12(3)10-17/h6-9,11-12,15,17H,10H2,1-5H3. The first-order valence-electron chi connectivity index (χ1n) is 6.34. The van der Waals surface area contributed by atoms with Crippen LogP contribution in [-0.2, 0) is 0 Å². The highest BCUT2D eigenvalue weighted by Gasteiger charge is 2.20. The van der Waals surface area contributed by atoms with Gasteiger partial charge in [-0.3, -0.25) is 0 Å². The molecule has 96 valence electrons. The number of hydrogen-bond donors (Lipinski definition) is 1. The predicted octanol–water partition coefficient (Wildman–Crippen LogP) is 3.04. The molecule has 1 aromatic rings. The Morgan fingerprint density at radius 2 is 1.47 bits per heavy atom. The van der Waals surface area contributed by atoms with Crippen LogP contribution >= 0.6 is 0 Å². The molecule has 17 heavy (non-hydrogen) atoms. The monoisotopic (exact) mass is 235 g/mol. The second-order valence-electron chi connectivity index (χ2n) is 5.39. The molecular weight excluding hydrogens is 210 g/mol. The summed E-state index contributed by atoms with van der Waals surface area (Å²) in [7, 11) is 4.13. The Hall–Kier alpha value is -0.860. The van der Waals surface area contributed by atoms with Crippen LogP contribution < -0.4 is 0 Å². The zero-order valence-corrected chi connectivity index (χ0v) is 11.6. The van der Waals surface area contributed by atoms with E-state index in [0.717, 1.165) is 0 Å². The Morgan fingerprint density at radius 1 is 1.00 bits per heavy atom. The number of rotatable bonds is 5. The minimum atomic E-state index is 0.217. The van der Waals surface area contributed by atoms with Crippen molar-refractivity contribution >= 4 is 0 Å². The van der Waals surface area contributed by atoms with Crippen LogP contribution in [0.25, 0.3) is 0 Å². The van der Waals surface area contributed by atoms with Crippen molar-refractivity contribution in [2.45, 2.75) is 32.7 Å². The quantitative estimate of drug-likeness (QED) is 0.848. The van der Waals surface area contributed by atoms with Crippen LogP contribution in [0.3, 0.4) is 0 Å². The molecule has 2 unspecified atom stereocenters. The van der Waals surface area contributed by atoms with Gasteiger partial charge in [-0.25, -0.2) is 0 Å². The number of aliphatic hydroxyl groups excluding tert-OH is 1. The maximum Gasteiger partial charge on any atom is 0.0474 e. The predicted molar refractivity (Wildman–Crippen MR) is 73.2 cm³/mol. The Labute approximate surface area is 105 Å². The molecule has 0 aromatic heterocycles. The first-order chi connectivity index (χ1) is 7.97. The van der Waals surface area contributed by atoms with Crippen molar-refractivity contribution in [1.82, 2.24) is 4.90 Å². The van der Waals surface area contributed by atoms with Crippen molar-refractivity contribution in [3.8, 4) is 0 Å². The third-order valence-corrected chi connectivity index (χ3v) is 3.33. The van der Waals surface area contributed by atoms with Crippen molar-refractivity contribution in [2.24, 2.45) is 5.92 Å². The van der Waals surface area contributed by atoms with E-state index in [0.29, 0.717) is 5.92 Å². The fourth-order valence-corrected chi connectivity index (χ4v) is 2.31. The van der Waals surface area contributed by atoms with Gasteiger partial charge in [0.2, 0.25) is 0 Å². The minimum absolute atomic E-state index is 0.217. The number of hydrogen-bond acceptors (Lipinski definition) is 2. The van der Waals surface area contributed by atoms with Gasteiger partial charge in [0, 0.05) is 12.6 Å². The molecule has 0 saturated heterocycles. The first-order valence-corrected chi connectivity index (χ1v) is 6.34. The van der Waals surface area contributed by atoms with Crippen molar-refractivity contribution < 1.29 is 5.11 Å². The van der Waals surface area contributed by atoms with Crippen molar-refractivity contribution in [3.05, 3.63) is 35.4 Å². The van der Waals surface area contributed by atoms with E-state index in [1.54, 1.807) is 0 Å². The summed E-state index contributed by atoms with van der Waals surface area (Å²) in [6.45, 7) is 6.71. The molecule has 0 aliphatic carbocycles. The third-order valence-electron chi connectivity index (χ3n) is 3.33. The summed E-state index contributed by atoms with van der Waals surface area (Å²) < 4.78 is 0. The average molecular weight is 235 g/mol. The highest BCUT2D eigenvalue weighted by Crippen LogP contribution is 2.27. The molecule has 0 amide bonds. The smallest absolute Gasteiger partial charge is 0.0474 e. The van der Waals surface area contributed by atoms with E-state index in [1.807, 2.05) is 0 Å². The first kappa shape index (κ1) is 14.2. The number of aliphatic hydroxyl groups is 1. The van der Waals surface area contributed by atoms with Gasteiger partial charge < -0.3 is 10.0 Å². The van der Waals surface area contributed by atoms with Gasteiger partial charge in [-0.1, -0.05) is 45.0 Å².